The number of carbonyl (C=O) groups excluding carboxylic acids is 1. The molecule has 1 rings (SSSR count). The van der Waals surface area contributed by atoms with E-state index in [4.69, 9.17) is 9.47 Å². The molecule has 1 N–H and O–H groups in total. The van der Waals surface area contributed by atoms with Crippen LogP contribution in [0.25, 0.3) is 0 Å². The third-order valence-electron chi connectivity index (χ3n) is 5.44. The van der Waals surface area contributed by atoms with E-state index in [0.29, 0.717) is 31.3 Å². The number of carbonyl (C=O) groups is 1. The smallest absolute Gasteiger partial charge is 0.314 e. The fourth-order valence-corrected chi connectivity index (χ4v) is 3.53. The Morgan fingerprint density at radius 3 is 2.26 bits per heavy atom. The minimum atomic E-state index is -0.768. The van der Waals surface area contributed by atoms with Crippen molar-refractivity contribution in [2.75, 3.05) is 19.8 Å². The molecule has 0 aromatic rings. The summed E-state index contributed by atoms with van der Waals surface area (Å²) in [5.74, 6) is 0.677. The van der Waals surface area contributed by atoms with E-state index < -0.39 is 5.41 Å². The highest BCUT2D eigenvalue weighted by atomic mass is 16.5. The number of ether oxygens (including phenoxy) is 2. The molecule has 1 atom stereocenters. The molecule has 1 aliphatic rings. The van der Waals surface area contributed by atoms with E-state index in [9.17, 15) is 9.90 Å². The van der Waals surface area contributed by atoms with Gasteiger partial charge in [-0.2, -0.15) is 0 Å². The standard InChI is InChI=1S/C23H42O4/c1-5-26-21(25)23(19-24)16-13-20(14-17-23)27-18-12-10-8-6-7-9-11-15-22(2,3)4/h13,24H,5-12,14-19H2,1-4H3. The Labute approximate surface area is 166 Å². The van der Waals surface area contributed by atoms with Gasteiger partial charge < -0.3 is 14.6 Å². The second-order valence-electron chi connectivity index (χ2n) is 9.17. The number of hydrogen-bond donors (Lipinski definition) is 1. The Hall–Kier alpha value is -1.03. The van der Waals surface area contributed by atoms with Gasteiger partial charge in [0.05, 0.1) is 31.0 Å². The van der Waals surface area contributed by atoms with Crippen molar-refractivity contribution in [1.29, 1.82) is 0 Å². The van der Waals surface area contributed by atoms with Crippen molar-refractivity contribution in [3.8, 4) is 0 Å². The number of aliphatic hydroxyl groups is 1. The van der Waals surface area contributed by atoms with Crippen LogP contribution in [-0.4, -0.2) is 30.9 Å². The van der Waals surface area contributed by atoms with Crippen LogP contribution in [0.4, 0.5) is 0 Å². The molecular formula is C23H42O4. The molecule has 0 aromatic heterocycles. The average Bonchev–Trinajstić information content (AvgIpc) is 2.63. The Balaban J connectivity index is 2.08. The lowest BCUT2D eigenvalue weighted by molar-refractivity contribution is -0.159. The van der Waals surface area contributed by atoms with Crippen LogP contribution in [0, 0.1) is 10.8 Å². The van der Waals surface area contributed by atoms with E-state index in [0.717, 1.165) is 18.8 Å². The third kappa shape index (κ3) is 9.64. The molecule has 4 nitrogen and oxygen atoms in total. The number of esters is 1. The Bertz CT molecular complexity index is 450. The number of aliphatic hydroxyl groups excluding tert-OH is 1. The maximum atomic E-state index is 12.1. The number of allylic oxidation sites excluding steroid dienone is 2. The van der Waals surface area contributed by atoms with E-state index in [1.807, 2.05) is 6.08 Å². The normalized spacial score (nSPS) is 20.3. The Kier molecular flexibility index (Phi) is 11.1. The van der Waals surface area contributed by atoms with E-state index in [1.165, 1.54) is 44.9 Å². The second kappa shape index (κ2) is 12.4. The van der Waals surface area contributed by atoms with Crippen molar-refractivity contribution in [3.63, 3.8) is 0 Å². The molecule has 0 radical (unpaired) electrons. The summed E-state index contributed by atoms with van der Waals surface area (Å²) in [5, 5.41) is 9.64. The van der Waals surface area contributed by atoms with Gasteiger partial charge in [0.2, 0.25) is 0 Å². The lowest BCUT2D eigenvalue weighted by atomic mass is 9.77. The van der Waals surface area contributed by atoms with Gasteiger partial charge in [-0.25, -0.2) is 0 Å². The van der Waals surface area contributed by atoms with Gasteiger partial charge in [-0.3, -0.25) is 4.79 Å². The number of hydrogen-bond acceptors (Lipinski definition) is 4. The van der Waals surface area contributed by atoms with Gasteiger partial charge in [-0.05, 0) is 44.1 Å². The van der Waals surface area contributed by atoms with Gasteiger partial charge in [0.15, 0.2) is 0 Å². The fourth-order valence-electron chi connectivity index (χ4n) is 3.53. The first-order valence-electron chi connectivity index (χ1n) is 10.9. The summed E-state index contributed by atoms with van der Waals surface area (Å²) in [6.07, 6.45) is 14.1. The maximum Gasteiger partial charge on any atom is 0.314 e. The summed E-state index contributed by atoms with van der Waals surface area (Å²) >= 11 is 0. The lowest BCUT2D eigenvalue weighted by Crippen LogP contribution is -2.38. The zero-order chi connectivity index (χ0) is 20.2. The van der Waals surface area contributed by atoms with Crippen molar-refractivity contribution in [2.24, 2.45) is 10.8 Å². The molecule has 4 heteroatoms. The molecular weight excluding hydrogens is 340 g/mol. The molecule has 0 amide bonds. The predicted molar refractivity (Wildman–Crippen MR) is 110 cm³/mol. The third-order valence-corrected chi connectivity index (χ3v) is 5.44. The summed E-state index contributed by atoms with van der Waals surface area (Å²) in [6.45, 7) is 9.68. The zero-order valence-electron chi connectivity index (χ0n) is 18.1. The quantitative estimate of drug-likeness (QED) is 0.324. The van der Waals surface area contributed by atoms with E-state index in [1.54, 1.807) is 6.92 Å². The van der Waals surface area contributed by atoms with Crippen LogP contribution in [0.1, 0.15) is 98.3 Å². The van der Waals surface area contributed by atoms with Gasteiger partial charge in [0.25, 0.3) is 0 Å². The highest BCUT2D eigenvalue weighted by molar-refractivity contribution is 5.77. The van der Waals surface area contributed by atoms with Crippen molar-refractivity contribution >= 4 is 5.97 Å². The van der Waals surface area contributed by atoms with Crippen molar-refractivity contribution in [3.05, 3.63) is 11.8 Å². The molecule has 0 spiro atoms. The molecule has 0 aliphatic heterocycles. The van der Waals surface area contributed by atoms with Gasteiger partial charge in [0, 0.05) is 6.42 Å². The molecule has 0 bridgehead atoms. The Morgan fingerprint density at radius 2 is 1.74 bits per heavy atom. The molecule has 0 saturated carbocycles. The summed E-state index contributed by atoms with van der Waals surface area (Å²) < 4.78 is 11.0. The maximum absolute atomic E-state index is 12.1. The summed E-state index contributed by atoms with van der Waals surface area (Å²) in [5.41, 5.74) is -0.297. The highest BCUT2D eigenvalue weighted by Crippen LogP contribution is 2.36. The van der Waals surface area contributed by atoms with E-state index in [-0.39, 0.29) is 12.6 Å². The van der Waals surface area contributed by atoms with Crippen LogP contribution in [0.15, 0.2) is 11.8 Å². The summed E-state index contributed by atoms with van der Waals surface area (Å²) in [4.78, 5) is 12.1. The highest BCUT2D eigenvalue weighted by Gasteiger charge is 2.40. The van der Waals surface area contributed by atoms with Crippen LogP contribution < -0.4 is 0 Å². The topological polar surface area (TPSA) is 55.8 Å². The minimum absolute atomic E-state index is 0.161. The molecule has 158 valence electrons. The molecule has 0 aromatic carbocycles. The van der Waals surface area contributed by atoms with Gasteiger partial charge in [-0.15, -0.1) is 0 Å². The SMILES string of the molecule is CCOC(=O)C1(CO)CC=C(OCCCCCCCCCC(C)(C)C)CC1. The first kappa shape index (κ1) is 24.0. The second-order valence-corrected chi connectivity index (χ2v) is 9.17. The van der Waals surface area contributed by atoms with E-state index >= 15 is 0 Å². The predicted octanol–water partition coefficient (Wildman–Crippen LogP) is 5.78. The summed E-state index contributed by atoms with van der Waals surface area (Å²) in [7, 11) is 0. The van der Waals surface area contributed by atoms with Gasteiger partial charge in [-0.1, -0.05) is 59.3 Å². The minimum Gasteiger partial charge on any atom is -0.498 e. The molecule has 1 aliphatic carbocycles. The van der Waals surface area contributed by atoms with Crippen LogP contribution in [0.2, 0.25) is 0 Å². The molecule has 0 fully saturated rings. The zero-order valence-corrected chi connectivity index (χ0v) is 18.1. The van der Waals surface area contributed by atoms with Crippen LogP contribution in [0.3, 0.4) is 0 Å². The fraction of sp³-hybridized carbons (Fsp3) is 0.870. The van der Waals surface area contributed by atoms with Crippen molar-refractivity contribution in [1.82, 2.24) is 0 Å². The van der Waals surface area contributed by atoms with Crippen LogP contribution in [0.5, 0.6) is 0 Å². The summed E-state index contributed by atoms with van der Waals surface area (Å²) in [6, 6.07) is 0. The Morgan fingerprint density at radius 1 is 1.11 bits per heavy atom. The molecule has 0 saturated heterocycles. The van der Waals surface area contributed by atoms with Crippen LogP contribution >= 0.6 is 0 Å². The molecule has 0 heterocycles. The largest absolute Gasteiger partial charge is 0.498 e. The van der Waals surface area contributed by atoms with Crippen LogP contribution in [-0.2, 0) is 14.3 Å². The van der Waals surface area contributed by atoms with Gasteiger partial charge in [0.1, 0.15) is 0 Å². The first-order chi connectivity index (χ1) is 12.8. The first-order valence-corrected chi connectivity index (χ1v) is 10.9. The van der Waals surface area contributed by atoms with Crippen molar-refractivity contribution < 1.29 is 19.4 Å². The average molecular weight is 383 g/mol. The monoisotopic (exact) mass is 382 g/mol. The molecule has 27 heavy (non-hydrogen) atoms. The number of rotatable bonds is 13. The number of unbranched alkanes of at least 4 members (excludes halogenated alkanes) is 6. The van der Waals surface area contributed by atoms with Crippen molar-refractivity contribution in [2.45, 2.75) is 98.3 Å². The van der Waals surface area contributed by atoms with E-state index in [2.05, 4.69) is 20.8 Å². The lowest BCUT2D eigenvalue weighted by Gasteiger charge is -2.32. The molecule has 1 unspecified atom stereocenters. The van der Waals surface area contributed by atoms with Gasteiger partial charge >= 0.3 is 5.97 Å².